The summed E-state index contributed by atoms with van der Waals surface area (Å²) in [6, 6.07) is 5.49. The number of rotatable bonds is 3. The van der Waals surface area contributed by atoms with E-state index in [1.165, 1.54) is 11.3 Å². The summed E-state index contributed by atoms with van der Waals surface area (Å²) < 4.78 is 1.64. The largest absolute Gasteiger partial charge is 0.550 e. The summed E-state index contributed by atoms with van der Waals surface area (Å²) in [5.74, 6) is -2.57. The summed E-state index contributed by atoms with van der Waals surface area (Å²) in [7, 11) is 0. The molecule has 0 bridgehead atoms. The molecule has 7 heteroatoms. The molecular weight excluding hydrogens is 320 g/mol. The lowest BCUT2D eigenvalue weighted by Crippen LogP contribution is -2.42. The van der Waals surface area contributed by atoms with Crippen LogP contribution in [0.1, 0.15) is 25.7 Å². The molecule has 2 unspecified atom stereocenters. The maximum Gasteiger partial charge on any atom is 0.228 e. The number of nitrogens with one attached hydrogen (secondary N) is 2. The van der Waals surface area contributed by atoms with Gasteiger partial charge in [0, 0.05) is 23.5 Å². The van der Waals surface area contributed by atoms with Crippen LogP contribution < -0.4 is 10.4 Å². The fraction of sp³-hybridized carbons (Fsp3) is 0.400. The zero-order chi connectivity index (χ0) is 15.7. The van der Waals surface area contributed by atoms with Gasteiger partial charge in [-0.3, -0.25) is 4.79 Å². The van der Waals surface area contributed by atoms with Crippen molar-refractivity contribution in [1.29, 1.82) is 0 Å². The van der Waals surface area contributed by atoms with Gasteiger partial charge in [0.1, 0.15) is 0 Å². The molecule has 1 aliphatic rings. The predicted octanol–water partition coefficient (Wildman–Crippen LogP) is 2.45. The average Bonchev–Trinajstić information content (AvgIpc) is 2.86. The van der Waals surface area contributed by atoms with Gasteiger partial charge in [-0.15, -0.1) is 11.3 Å². The van der Waals surface area contributed by atoms with Crippen molar-refractivity contribution in [2.24, 2.45) is 11.8 Å². The molecular formula is C15H15N2O3S2-. The molecule has 3 rings (SSSR count). The highest BCUT2D eigenvalue weighted by Crippen LogP contribution is 2.31. The number of carbonyl (C=O) groups is 2. The highest BCUT2D eigenvalue weighted by atomic mass is 32.1. The van der Waals surface area contributed by atoms with E-state index in [0.717, 1.165) is 23.1 Å². The van der Waals surface area contributed by atoms with Crippen LogP contribution in [0.15, 0.2) is 18.2 Å². The summed E-state index contributed by atoms with van der Waals surface area (Å²) >= 11 is 6.53. The van der Waals surface area contributed by atoms with E-state index in [-0.39, 0.29) is 5.91 Å². The molecule has 1 saturated carbocycles. The van der Waals surface area contributed by atoms with Crippen LogP contribution in [-0.4, -0.2) is 16.9 Å². The Morgan fingerprint density at radius 3 is 2.73 bits per heavy atom. The van der Waals surface area contributed by atoms with Gasteiger partial charge < -0.3 is 20.2 Å². The Morgan fingerprint density at radius 1 is 1.27 bits per heavy atom. The third-order valence-corrected chi connectivity index (χ3v) is 5.29. The monoisotopic (exact) mass is 335 g/mol. The molecule has 1 aromatic heterocycles. The minimum atomic E-state index is -1.13. The van der Waals surface area contributed by atoms with Crippen molar-refractivity contribution in [1.82, 2.24) is 4.98 Å². The fourth-order valence-corrected chi connectivity index (χ4v) is 4.14. The Labute approximate surface area is 136 Å². The molecule has 1 fully saturated rings. The molecule has 2 atom stereocenters. The number of thiazole rings is 1. The van der Waals surface area contributed by atoms with Crippen molar-refractivity contribution in [3.05, 3.63) is 22.2 Å². The zero-order valence-electron chi connectivity index (χ0n) is 11.8. The lowest BCUT2D eigenvalue weighted by atomic mass is 9.78. The minimum absolute atomic E-state index is 0.243. The van der Waals surface area contributed by atoms with Gasteiger partial charge in [-0.25, -0.2) is 0 Å². The molecule has 116 valence electrons. The lowest BCUT2D eigenvalue weighted by molar-refractivity contribution is -0.313. The Bertz CT molecular complexity index is 780. The third-order valence-electron chi connectivity index (χ3n) is 4.09. The molecule has 0 spiro atoms. The van der Waals surface area contributed by atoms with Gasteiger partial charge in [0.05, 0.1) is 10.2 Å². The molecule has 2 N–H and O–H groups in total. The maximum atomic E-state index is 12.4. The maximum absolute atomic E-state index is 12.4. The highest BCUT2D eigenvalue weighted by Gasteiger charge is 2.31. The topological polar surface area (TPSA) is 85.0 Å². The first-order chi connectivity index (χ1) is 10.5. The van der Waals surface area contributed by atoms with Gasteiger partial charge in [0.25, 0.3) is 0 Å². The number of anilines is 1. The first-order valence-electron chi connectivity index (χ1n) is 7.19. The molecule has 2 aromatic rings. The second-order valence-corrected chi connectivity index (χ2v) is 7.25. The summed E-state index contributed by atoms with van der Waals surface area (Å²) in [6.45, 7) is 0. The van der Waals surface area contributed by atoms with E-state index in [0.29, 0.717) is 22.5 Å². The number of H-pyrrole nitrogens is 1. The fourth-order valence-electron chi connectivity index (χ4n) is 2.98. The number of amides is 1. The number of carboxylic acids is 1. The number of aliphatic carboxylic acids is 1. The summed E-state index contributed by atoms with van der Waals surface area (Å²) in [5.41, 5.74) is 1.59. The first kappa shape index (κ1) is 15.2. The number of aromatic nitrogens is 1. The summed E-state index contributed by atoms with van der Waals surface area (Å²) in [5, 5.41) is 14.0. The number of hydrogen-bond acceptors (Lipinski definition) is 5. The third kappa shape index (κ3) is 3.05. The van der Waals surface area contributed by atoms with Crippen LogP contribution in [0.4, 0.5) is 5.69 Å². The Balaban J connectivity index is 1.79. The van der Waals surface area contributed by atoms with Gasteiger partial charge in [0.15, 0.2) is 3.95 Å². The SMILES string of the molecule is O=C([O-])C1CCCCC1C(=O)Nc1ccc2[nH]c(=S)sc2c1. The number of aromatic amines is 1. The first-order valence-corrected chi connectivity index (χ1v) is 8.41. The zero-order valence-corrected chi connectivity index (χ0v) is 13.4. The molecule has 0 saturated heterocycles. The van der Waals surface area contributed by atoms with E-state index in [4.69, 9.17) is 12.2 Å². The van der Waals surface area contributed by atoms with Crippen molar-refractivity contribution in [2.75, 3.05) is 5.32 Å². The molecule has 22 heavy (non-hydrogen) atoms. The predicted molar refractivity (Wildman–Crippen MR) is 86.1 cm³/mol. The Hall–Kier alpha value is -1.73. The molecule has 0 aliphatic heterocycles. The van der Waals surface area contributed by atoms with E-state index in [9.17, 15) is 14.7 Å². The summed E-state index contributed by atoms with van der Waals surface area (Å²) in [6.07, 6.45) is 2.82. The van der Waals surface area contributed by atoms with Gasteiger partial charge in [-0.2, -0.15) is 0 Å². The van der Waals surface area contributed by atoms with Crippen LogP contribution in [0, 0.1) is 15.8 Å². The van der Waals surface area contributed by atoms with Gasteiger partial charge in [-0.1, -0.05) is 12.8 Å². The van der Waals surface area contributed by atoms with Crippen LogP contribution in [0.3, 0.4) is 0 Å². The van der Waals surface area contributed by atoms with Gasteiger partial charge in [-0.05, 0) is 43.3 Å². The quantitative estimate of drug-likeness (QED) is 0.844. The number of hydrogen-bond donors (Lipinski definition) is 2. The van der Waals surface area contributed by atoms with Crippen molar-refractivity contribution in [3.63, 3.8) is 0 Å². The van der Waals surface area contributed by atoms with Crippen molar-refractivity contribution in [2.45, 2.75) is 25.7 Å². The molecule has 5 nitrogen and oxygen atoms in total. The molecule has 0 radical (unpaired) electrons. The average molecular weight is 335 g/mol. The number of benzene rings is 1. The molecule has 1 heterocycles. The van der Waals surface area contributed by atoms with Crippen molar-refractivity contribution in [3.8, 4) is 0 Å². The van der Waals surface area contributed by atoms with Gasteiger partial charge >= 0.3 is 0 Å². The van der Waals surface area contributed by atoms with E-state index < -0.39 is 17.8 Å². The van der Waals surface area contributed by atoms with Crippen LogP contribution in [0.2, 0.25) is 0 Å². The van der Waals surface area contributed by atoms with Gasteiger partial charge in [0.2, 0.25) is 5.91 Å². The van der Waals surface area contributed by atoms with Crippen LogP contribution >= 0.6 is 23.6 Å². The Morgan fingerprint density at radius 2 is 2.00 bits per heavy atom. The number of fused-ring (bicyclic) bond motifs is 1. The lowest BCUT2D eigenvalue weighted by Gasteiger charge is -2.31. The smallest absolute Gasteiger partial charge is 0.228 e. The normalized spacial score (nSPS) is 21.6. The van der Waals surface area contributed by atoms with Crippen LogP contribution in [-0.2, 0) is 9.59 Å². The summed E-state index contributed by atoms with van der Waals surface area (Å²) in [4.78, 5) is 26.6. The van der Waals surface area contributed by atoms with Crippen LogP contribution in [0.25, 0.3) is 10.2 Å². The number of carboxylic acid groups (broad SMARTS) is 1. The molecule has 1 aliphatic carbocycles. The highest BCUT2D eigenvalue weighted by molar-refractivity contribution is 7.73. The number of carbonyl (C=O) groups excluding carboxylic acids is 2. The second-order valence-electron chi connectivity index (χ2n) is 5.53. The molecule has 1 amide bonds. The van der Waals surface area contributed by atoms with Crippen molar-refractivity contribution >= 4 is 51.3 Å². The van der Waals surface area contributed by atoms with E-state index in [1.807, 2.05) is 12.1 Å². The Kier molecular flexibility index (Phi) is 4.26. The van der Waals surface area contributed by atoms with Crippen molar-refractivity contribution < 1.29 is 14.7 Å². The van der Waals surface area contributed by atoms with E-state index >= 15 is 0 Å². The second kappa shape index (κ2) is 6.18. The molecule has 1 aromatic carbocycles. The van der Waals surface area contributed by atoms with Crippen LogP contribution in [0.5, 0.6) is 0 Å². The minimum Gasteiger partial charge on any atom is -0.550 e. The van der Waals surface area contributed by atoms with E-state index in [1.54, 1.807) is 6.07 Å². The standard InChI is InChI=1S/C15H16N2O3S2/c18-13(9-3-1-2-4-10(9)14(19)20)16-8-5-6-11-12(7-8)22-15(21)17-11/h5-7,9-10H,1-4H2,(H,16,18)(H,17,21)(H,19,20)/p-1. The van der Waals surface area contributed by atoms with E-state index in [2.05, 4.69) is 10.3 Å².